The summed E-state index contributed by atoms with van der Waals surface area (Å²) in [5.41, 5.74) is 4.21. The first kappa shape index (κ1) is 13.6. The zero-order valence-corrected chi connectivity index (χ0v) is 10.8. The van der Waals surface area contributed by atoms with Gasteiger partial charge in [0.15, 0.2) is 22.8 Å². The zero-order valence-electron chi connectivity index (χ0n) is 10.1. The highest BCUT2D eigenvalue weighted by Gasteiger charge is 2.54. The molecule has 108 valence electrons. The molecule has 5 N–H and O–H groups in total. The second kappa shape index (κ2) is 4.58. The summed E-state index contributed by atoms with van der Waals surface area (Å²) in [7, 11) is 0. The maximum absolute atomic E-state index is 10.2. The normalized spacial score (nSPS) is 34.0. The summed E-state index contributed by atoms with van der Waals surface area (Å²) in [6.45, 7) is -0.487. The molecule has 4 atom stereocenters. The second-order valence-electron chi connectivity index (χ2n) is 4.53. The van der Waals surface area contributed by atoms with Crippen LogP contribution < -0.4 is 5.73 Å². The monoisotopic (exact) mass is 301 g/mol. The second-order valence-corrected chi connectivity index (χ2v) is 4.89. The summed E-state index contributed by atoms with van der Waals surface area (Å²) in [5.74, 6) is 0. The molecule has 1 unspecified atom stereocenters. The van der Waals surface area contributed by atoms with E-state index >= 15 is 0 Å². The first-order valence-corrected chi connectivity index (χ1v) is 6.13. The van der Waals surface area contributed by atoms with Crippen molar-refractivity contribution in [3.63, 3.8) is 0 Å². The number of hydrogen-bond donors (Lipinski definition) is 4. The number of nitrogens with two attached hydrogens (primary N) is 1. The summed E-state index contributed by atoms with van der Waals surface area (Å²) < 4.78 is 6.71. The van der Waals surface area contributed by atoms with Gasteiger partial charge in [-0.05, 0) is 0 Å². The molecule has 1 aliphatic heterocycles. The van der Waals surface area contributed by atoms with Crippen LogP contribution in [0.3, 0.4) is 0 Å². The number of rotatable bonds is 2. The molecule has 1 aliphatic rings. The number of aliphatic hydroxyl groups is 3. The lowest BCUT2D eigenvalue weighted by Crippen LogP contribution is -2.54. The van der Waals surface area contributed by atoms with Crippen LogP contribution in [0.15, 0.2) is 12.7 Å². The van der Waals surface area contributed by atoms with Crippen LogP contribution in [0.4, 0.5) is 0 Å². The number of imidazole rings is 1. The first-order chi connectivity index (χ1) is 9.46. The molecule has 20 heavy (non-hydrogen) atoms. The summed E-state index contributed by atoms with van der Waals surface area (Å²) in [6, 6.07) is 0. The summed E-state index contributed by atoms with van der Waals surface area (Å²) >= 11 is 5.88. The SMILES string of the molecule is N[C@]1(O)C(n2cnc3c(Cl)ncnc32)O[C@H](CO)[C@H]1O. The molecule has 0 radical (unpaired) electrons. The maximum Gasteiger partial charge on any atom is 0.188 e. The lowest BCUT2D eigenvalue weighted by atomic mass is 10.1. The number of ether oxygens (including phenoxy) is 1. The fourth-order valence-corrected chi connectivity index (χ4v) is 2.40. The van der Waals surface area contributed by atoms with Gasteiger partial charge in [-0.15, -0.1) is 0 Å². The Morgan fingerprint density at radius 1 is 1.45 bits per heavy atom. The Balaban J connectivity index is 2.10. The minimum absolute atomic E-state index is 0.145. The fraction of sp³-hybridized carbons (Fsp3) is 0.500. The molecule has 0 aliphatic carbocycles. The smallest absolute Gasteiger partial charge is 0.188 e. The van der Waals surface area contributed by atoms with Gasteiger partial charge in [-0.1, -0.05) is 11.6 Å². The number of aromatic nitrogens is 4. The van der Waals surface area contributed by atoms with Gasteiger partial charge in [0, 0.05) is 0 Å². The maximum atomic E-state index is 10.2. The minimum atomic E-state index is -2.10. The Bertz CT molecular complexity index is 648. The van der Waals surface area contributed by atoms with Crippen LogP contribution in [0.25, 0.3) is 11.2 Å². The van der Waals surface area contributed by atoms with Crippen molar-refractivity contribution in [1.29, 1.82) is 0 Å². The molecule has 2 aromatic rings. The van der Waals surface area contributed by atoms with E-state index < -0.39 is 30.8 Å². The molecular weight excluding hydrogens is 290 g/mol. The van der Waals surface area contributed by atoms with E-state index in [-0.39, 0.29) is 5.15 Å². The lowest BCUT2D eigenvalue weighted by molar-refractivity contribution is -0.103. The van der Waals surface area contributed by atoms with E-state index in [0.29, 0.717) is 11.2 Å². The Hall–Kier alpha value is -1.36. The summed E-state index contributed by atoms with van der Waals surface area (Å²) in [4.78, 5) is 11.8. The van der Waals surface area contributed by atoms with Gasteiger partial charge in [-0.25, -0.2) is 15.0 Å². The number of nitrogens with zero attached hydrogens (tertiary/aromatic N) is 4. The van der Waals surface area contributed by atoms with Crippen molar-refractivity contribution in [2.45, 2.75) is 24.2 Å². The lowest BCUT2D eigenvalue weighted by Gasteiger charge is -2.26. The number of hydrogen-bond acceptors (Lipinski definition) is 8. The predicted octanol–water partition coefficient (Wildman–Crippen LogP) is -1.62. The largest absolute Gasteiger partial charge is 0.394 e. The molecule has 0 amide bonds. The van der Waals surface area contributed by atoms with Crippen molar-refractivity contribution < 1.29 is 20.1 Å². The van der Waals surface area contributed by atoms with E-state index in [4.69, 9.17) is 27.2 Å². The Kier molecular flexibility index (Phi) is 3.12. The molecule has 9 nitrogen and oxygen atoms in total. The van der Waals surface area contributed by atoms with Crippen LogP contribution in [0.2, 0.25) is 5.15 Å². The molecule has 3 rings (SSSR count). The average molecular weight is 302 g/mol. The van der Waals surface area contributed by atoms with E-state index in [1.807, 2.05) is 0 Å². The molecule has 2 aromatic heterocycles. The summed E-state index contributed by atoms with van der Waals surface area (Å²) in [5, 5.41) is 29.3. The van der Waals surface area contributed by atoms with Crippen LogP contribution in [0.1, 0.15) is 6.23 Å². The predicted molar refractivity (Wildman–Crippen MR) is 66.5 cm³/mol. The van der Waals surface area contributed by atoms with Gasteiger partial charge in [0.2, 0.25) is 0 Å². The van der Waals surface area contributed by atoms with Gasteiger partial charge >= 0.3 is 0 Å². The van der Waals surface area contributed by atoms with Gasteiger partial charge in [0.25, 0.3) is 0 Å². The van der Waals surface area contributed by atoms with Crippen LogP contribution in [-0.4, -0.2) is 59.4 Å². The van der Waals surface area contributed by atoms with Crippen molar-refractivity contribution in [2.24, 2.45) is 5.73 Å². The number of fused-ring (bicyclic) bond motifs is 1. The van der Waals surface area contributed by atoms with E-state index in [1.165, 1.54) is 17.2 Å². The fourth-order valence-electron chi connectivity index (χ4n) is 2.22. The van der Waals surface area contributed by atoms with E-state index in [2.05, 4.69) is 15.0 Å². The third-order valence-corrected chi connectivity index (χ3v) is 3.55. The first-order valence-electron chi connectivity index (χ1n) is 5.75. The van der Waals surface area contributed by atoms with E-state index in [1.54, 1.807) is 0 Å². The average Bonchev–Trinajstić information content (AvgIpc) is 2.92. The number of halogens is 1. The standard InChI is InChI=1S/C10H12ClN5O4/c11-7-5-8(14-2-13-7)16(3-15-5)9-10(12,19)6(18)4(1-17)20-9/h2-4,6,9,17-19H,1,12H2/t4-,6-,9?,10-/m1/s1. The van der Waals surface area contributed by atoms with Crippen LogP contribution >= 0.6 is 11.6 Å². The van der Waals surface area contributed by atoms with Gasteiger partial charge in [-0.2, -0.15) is 0 Å². The third kappa shape index (κ3) is 1.79. The Morgan fingerprint density at radius 2 is 2.20 bits per heavy atom. The van der Waals surface area contributed by atoms with Crippen LogP contribution in [0.5, 0.6) is 0 Å². The molecule has 0 saturated carbocycles. The van der Waals surface area contributed by atoms with E-state index in [9.17, 15) is 10.2 Å². The highest BCUT2D eigenvalue weighted by Crippen LogP contribution is 2.36. The van der Waals surface area contributed by atoms with Gasteiger partial charge in [0.1, 0.15) is 24.1 Å². The quantitative estimate of drug-likeness (QED) is 0.383. The Morgan fingerprint density at radius 3 is 2.85 bits per heavy atom. The van der Waals surface area contributed by atoms with Gasteiger partial charge < -0.3 is 20.1 Å². The molecule has 0 bridgehead atoms. The minimum Gasteiger partial charge on any atom is -0.394 e. The molecular formula is C10H12ClN5O4. The van der Waals surface area contributed by atoms with Gasteiger partial charge in [-0.3, -0.25) is 10.3 Å². The highest BCUT2D eigenvalue weighted by atomic mass is 35.5. The van der Waals surface area contributed by atoms with E-state index in [0.717, 1.165) is 0 Å². The number of aliphatic hydroxyl groups excluding tert-OH is 2. The van der Waals surface area contributed by atoms with Crippen LogP contribution in [-0.2, 0) is 4.74 Å². The van der Waals surface area contributed by atoms with Crippen molar-refractivity contribution in [1.82, 2.24) is 19.5 Å². The van der Waals surface area contributed by atoms with Crippen molar-refractivity contribution in [3.8, 4) is 0 Å². The Labute approximate surface area is 117 Å². The van der Waals surface area contributed by atoms with Crippen molar-refractivity contribution in [2.75, 3.05) is 6.61 Å². The molecule has 3 heterocycles. The van der Waals surface area contributed by atoms with Gasteiger partial charge in [0.05, 0.1) is 12.9 Å². The topological polar surface area (TPSA) is 140 Å². The molecule has 10 heteroatoms. The molecule has 0 spiro atoms. The zero-order chi connectivity index (χ0) is 14.5. The van der Waals surface area contributed by atoms with Crippen molar-refractivity contribution >= 4 is 22.8 Å². The summed E-state index contributed by atoms with van der Waals surface area (Å²) in [6.07, 6.45) is -1.07. The molecule has 0 aromatic carbocycles. The van der Waals surface area contributed by atoms with Crippen LogP contribution in [0, 0.1) is 0 Å². The van der Waals surface area contributed by atoms with Crippen molar-refractivity contribution in [3.05, 3.63) is 17.8 Å². The molecule has 1 saturated heterocycles. The highest BCUT2D eigenvalue weighted by molar-refractivity contribution is 6.33. The molecule has 1 fully saturated rings. The third-order valence-electron chi connectivity index (χ3n) is 3.27.